The minimum absolute atomic E-state index is 0.0525. The van der Waals surface area contributed by atoms with Crippen LogP contribution in [-0.4, -0.2) is 25.4 Å². The maximum atomic E-state index is 14.3. The lowest BCUT2D eigenvalue weighted by molar-refractivity contribution is -0.122. The highest BCUT2D eigenvalue weighted by Gasteiger charge is 2.41. The van der Waals surface area contributed by atoms with Crippen molar-refractivity contribution in [2.45, 2.75) is 31.4 Å². The maximum absolute atomic E-state index is 14.3. The van der Waals surface area contributed by atoms with E-state index in [1.54, 1.807) is 12.1 Å². The SMILES string of the molecule is CCOC1(C(N)c2ccc(Br)c(Cl)c2F)CCOCC1. The molecule has 0 bridgehead atoms. The summed E-state index contributed by atoms with van der Waals surface area (Å²) < 4.78 is 26.1. The molecule has 0 aliphatic carbocycles. The average Bonchev–Trinajstić information content (AvgIpc) is 2.46. The predicted octanol–water partition coefficient (Wildman–Crippen LogP) is 3.83. The molecule has 1 aromatic carbocycles. The highest BCUT2D eigenvalue weighted by molar-refractivity contribution is 9.10. The fraction of sp³-hybridized carbons (Fsp3) is 0.571. The predicted molar refractivity (Wildman–Crippen MR) is 80.4 cm³/mol. The van der Waals surface area contributed by atoms with Crippen molar-refractivity contribution >= 4 is 27.5 Å². The molecule has 20 heavy (non-hydrogen) atoms. The van der Waals surface area contributed by atoms with Gasteiger partial charge in [0, 0.05) is 42.7 Å². The average molecular weight is 367 g/mol. The standard InChI is InChI=1S/C14H18BrClFNO2/c1-2-20-14(5-7-19-8-6-14)13(18)9-3-4-10(15)11(16)12(9)17/h3-4,13H,2,5-8,18H2,1H3. The van der Waals surface area contributed by atoms with E-state index in [4.69, 9.17) is 26.8 Å². The third-order valence-corrected chi connectivity index (χ3v) is 5.00. The second-order valence-electron chi connectivity index (χ2n) is 4.85. The topological polar surface area (TPSA) is 44.5 Å². The van der Waals surface area contributed by atoms with Crippen LogP contribution >= 0.6 is 27.5 Å². The van der Waals surface area contributed by atoms with Crippen molar-refractivity contribution in [2.75, 3.05) is 19.8 Å². The monoisotopic (exact) mass is 365 g/mol. The molecule has 6 heteroatoms. The summed E-state index contributed by atoms with van der Waals surface area (Å²) in [5.41, 5.74) is 6.11. The summed E-state index contributed by atoms with van der Waals surface area (Å²) >= 11 is 9.15. The van der Waals surface area contributed by atoms with Crippen LogP contribution < -0.4 is 5.73 Å². The first-order chi connectivity index (χ1) is 9.52. The third-order valence-electron chi connectivity index (χ3n) is 3.74. The fourth-order valence-electron chi connectivity index (χ4n) is 2.61. The molecule has 112 valence electrons. The second kappa shape index (κ2) is 6.71. The van der Waals surface area contributed by atoms with Gasteiger partial charge in [-0.25, -0.2) is 4.39 Å². The summed E-state index contributed by atoms with van der Waals surface area (Å²) in [5, 5.41) is 0.0525. The molecule has 1 aliphatic rings. The lowest BCUT2D eigenvalue weighted by atomic mass is 9.82. The molecule has 1 aromatic rings. The van der Waals surface area contributed by atoms with Crippen molar-refractivity contribution in [1.29, 1.82) is 0 Å². The molecule has 1 aliphatic heterocycles. The van der Waals surface area contributed by atoms with E-state index in [0.29, 0.717) is 42.7 Å². The summed E-state index contributed by atoms with van der Waals surface area (Å²) in [7, 11) is 0. The van der Waals surface area contributed by atoms with Gasteiger partial charge in [-0.05, 0) is 28.9 Å². The smallest absolute Gasteiger partial charge is 0.147 e. The Labute approximate surface area is 131 Å². The zero-order valence-corrected chi connectivity index (χ0v) is 13.6. The number of hydrogen-bond donors (Lipinski definition) is 1. The van der Waals surface area contributed by atoms with E-state index < -0.39 is 17.5 Å². The van der Waals surface area contributed by atoms with Crippen molar-refractivity contribution in [2.24, 2.45) is 5.73 Å². The van der Waals surface area contributed by atoms with E-state index in [-0.39, 0.29) is 5.02 Å². The Hall–Kier alpha value is -0.200. The van der Waals surface area contributed by atoms with Crippen molar-refractivity contribution in [1.82, 2.24) is 0 Å². The van der Waals surface area contributed by atoms with Crippen molar-refractivity contribution in [3.63, 3.8) is 0 Å². The van der Waals surface area contributed by atoms with Gasteiger partial charge in [0.25, 0.3) is 0 Å². The Morgan fingerprint density at radius 1 is 1.50 bits per heavy atom. The number of rotatable bonds is 4. The zero-order chi connectivity index (χ0) is 14.8. The molecule has 3 nitrogen and oxygen atoms in total. The Morgan fingerprint density at radius 3 is 2.75 bits per heavy atom. The number of halogens is 3. The summed E-state index contributed by atoms with van der Waals surface area (Å²) in [6.45, 7) is 3.58. The Bertz CT molecular complexity index is 475. The first kappa shape index (κ1) is 16.2. The molecule has 2 N–H and O–H groups in total. The van der Waals surface area contributed by atoms with Gasteiger partial charge in [0.15, 0.2) is 0 Å². The molecule has 0 spiro atoms. The van der Waals surface area contributed by atoms with Gasteiger partial charge in [0.05, 0.1) is 16.7 Å². The minimum Gasteiger partial charge on any atom is -0.381 e. The largest absolute Gasteiger partial charge is 0.381 e. The summed E-state index contributed by atoms with van der Waals surface area (Å²) in [6.07, 6.45) is 1.30. The van der Waals surface area contributed by atoms with Crippen LogP contribution in [0.15, 0.2) is 16.6 Å². The van der Waals surface area contributed by atoms with E-state index in [1.807, 2.05) is 6.92 Å². The van der Waals surface area contributed by atoms with Crippen LogP contribution in [0.3, 0.4) is 0 Å². The van der Waals surface area contributed by atoms with Crippen LogP contribution in [0.5, 0.6) is 0 Å². The fourth-order valence-corrected chi connectivity index (χ4v) is 3.09. The molecular weight excluding hydrogens is 349 g/mol. The molecule has 0 amide bonds. The van der Waals surface area contributed by atoms with Crippen LogP contribution in [0.4, 0.5) is 4.39 Å². The molecule has 2 rings (SSSR count). The van der Waals surface area contributed by atoms with Gasteiger partial charge >= 0.3 is 0 Å². The molecule has 0 radical (unpaired) electrons. The Balaban J connectivity index is 2.37. The van der Waals surface area contributed by atoms with Gasteiger partial charge < -0.3 is 15.2 Å². The highest BCUT2D eigenvalue weighted by atomic mass is 79.9. The van der Waals surface area contributed by atoms with Crippen LogP contribution in [0.2, 0.25) is 5.02 Å². The third kappa shape index (κ3) is 3.02. The minimum atomic E-state index is -0.592. The van der Waals surface area contributed by atoms with Crippen LogP contribution in [0.25, 0.3) is 0 Å². The first-order valence-electron chi connectivity index (χ1n) is 6.62. The van der Waals surface area contributed by atoms with Gasteiger partial charge in [-0.2, -0.15) is 0 Å². The van der Waals surface area contributed by atoms with Crippen molar-refractivity contribution in [3.05, 3.63) is 33.0 Å². The molecule has 1 unspecified atom stereocenters. The van der Waals surface area contributed by atoms with E-state index in [2.05, 4.69) is 15.9 Å². The summed E-state index contributed by atoms with van der Waals surface area (Å²) in [5.74, 6) is -0.487. The normalized spacial score (nSPS) is 19.9. The Morgan fingerprint density at radius 2 is 2.15 bits per heavy atom. The highest BCUT2D eigenvalue weighted by Crippen LogP contribution is 2.39. The van der Waals surface area contributed by atoms with Gasteiger partial charge in [-0.1, -0.05) is 17.7 Å². The van der Waals surface area contributed by atoms with Crippen molar-refractivity contribution in [3.8, 4) is 0 Å². The summed E-state index contributed by atoms with van der Waals surface area (Å²) in [6, 6.07) is 2.79. The molecule has 1 atom stereocenters. The van der Waals surface area contributed by atoms with Crippen molar-refractivity contribution < 1.29 is 13.9 Å². The van der Waals surface area contributed by atoms with Gasteiger partial charge in [0.1, 0.15) is 5.82 Å². The first-order valence-corrected chi connectivity index (χ1v) is 7.79. The molecule has 1 fully saturated rings. The van der Waals surface area contributed by atoms with Gasteiger partial charge in [-0.15, -0.1) is 0 Å². The zero-order valence-electron chi connectivity index (χ0n) is 11.3. The van der Waals surface area contributed by atoms with Crippen LogP contribution in [0, 0.1) is 5.82 Å². The molecular formula is C14H18BrClFNO2. The van der Waals surface area contributed by atoms with E-state index >= 15 is 0 Å². The van der Waals surface area contributed by atoms with E-state index in [0.717, 1.165) is 0 Å². The van der Waals surface area contributed by atoms with Crippen LogP contribution in [0.1, 0.15) is 31.4 Å². The number of ether oxygens (including phenoxy) is 2. The number of benzene rings is 1. The van der Waals surface area contributed by atoms with E-state index in [9.17, 15) is 4.39 Å². The molecule has 0 aromatic heterocycles. The lowest BCUT2D eigenvalue weighted by Gasteiger charge is -2.41. The van der Waals surface area contributed by atoms with E-state index in [1.165, 1.54) is 0 Å². The van der Waals surface area contributed by atoms with Gasteiger partial charge in [0.2, 0.25) is 0 Å². The number of nitrogens with two attached hydrogens (primary N) is 1. The maximum Gasteiger partial charge on any atom is 0.147 e. The Kier molecular flexibility index (Phi) is 5.42. The lowest BCUT2D eigenvalue weighted by Crippen LogP contribution is -2.48. The molecule has 1 heterocycles. The number of hydrogen-bond acceptors (Lipinski definition) is 3. The van der Waals surface area contributed by atoms with Gasteiger partial charge in [-0.3, -0.25) is 0 Å². The quantitative estimate of drug-likeness (QED) is 0.824. The molecule has 0 saturated carbocycles. The van der Waals surface area contributed by atoms with Crippen LogP contribution in [-0.2, 0) is 9.47 Å². The second-order valence-corrected chi connectivity index (χ2v) is 6.08. The summed E-state index contributed by atoms with van der Waals surface area (Å²) in [4.78, 5) is 0. The molecule has 1 saturated heterocycles.